The highest BCUT2D eigenvalue weighted by molar-refractivity contribution is 7.91. The molecule has 0 unspecified atom stereocenters. The number of hydrogen-bond donors (Lipinski definition) is 4. The molecule has 0 fully saturated rings. The van der Waals surface area contributed by atoms with Crippen LogP contribution in [0.3, 0.4) is 0 Å². The number of sulfone groups is 1. The predicted octanol–water partition coefficient (Wildman–Crippen LogP) is 4.10. The first-order chi connectivity index (χ1) is 13.8. The fraction of sp³-hybridized carbons (Fsp3) is 0.0952. The third-order valence-electron chi connectivity index (χ3n) is 4.39. The van der Waals surface area contributed by atoms with Gasteiger partial charge in [0.25, 0.3) is 0 Å². The number of aryl methyl sites for hydroxylation is 1. The molecule has 0 saturated carbocycles. The normalized spacial score (nSPS) is 11.0. The number of urea groups is 1. The molecule has 7 nitrogen and oxygen atoms in total. The zero-order valence-corrected chi connectivity index (χ0v) is 16.9. The first-order valence-electron chi connectivity index (χ1n) is 8.87. The van der Waals surface area contributed by atoms with Gasteiger partial charge in [-0.2, -0.15) is 0 Å². The second-order valence-electron chi connectivity index (χ2n) is 6.46. The summed E-state index contributed by atoms with van der Waals surface area (Å²) < 4.78 is 25.5. The van der Waals surface area contributed by atoms with Crippen LogP contribution in [0, 0.1) is 6.92 Å². The standard InChI is InChI=1S/C21H22N4O3S/c1-14-3-4-15(22)13-20(14)25-21(26)24-17-7-11-19(12-8-17)29(27,28)18-9-5-16(23-2)6-10-18/h3-13,23H,22H2,1-2H3,(H2,24,25,26). The number of benzene rings is 3. The molecule has 0 spiro atoms. The summed E-state index contributed by atoms with van der Waals surface area (Å²) in [7, 11) is -1.87. The van der Waals surface area contributed by atoms with Gasteiger partial charge in [0.15, 0.2) is 0 Å². The first-order valence-corrected chi connectivity index (χ1v) is 10.3. The van der Waals surface area contributed by atoms with Gasteiger partial charge >= 0.3 is 6.03 Å². The minimum Gasteiger partial charge on any atom is -0.399 e. The van der Waals surface area contributed by atoms with Gasteiger partial charge < -0.3 is 21.7 Å². The number of nitrogens with one attached hydrogen (secondary N) is 3. The number of rotatable bonds is 5. The molecule has 5 N–H and O–H groups in total. The minimum absolute atomic E-state index is 0.146. The summed E-state index contributed by atoms with van der Waals surface area (Å²) in [6, 6.07) is 17.3. The van der Waals surface area contributed by atoms with Crippen molar-refractivity contribution in [1.82, 2.24) is 0 Å². The Balaban J connectivity index is 1.72. The Labute approximate surface area is 169 Å². The number of carbonyl (C=O) groups is 1. The van der Waals surface area contributed by atoms with Crippen molar-refractivity contribution in [1.29, 1.82) is 0 Å². The van der Waals surface area contributed by atoms with Gasteiger partial charge in [0.1, 0.15) is 0 Å². The molecule has 8 heteroatoms. The van der Waals surface area contributed by atoms with Gasteiger partial charge in [-0.1, -0.05) is 6.07 Å². The van der Waals surface area contributed by atoms with E-state index < -0.39 is 15.9 Å². The van der Waals surface area contributed by atoms with Crippen molar-refractivity contribution in [3.05, 3.63) is 72.3 Å². The second kappa shape index (κ2) is 8.24. The van der Waals surface area contributed by atoms with Gasteiger partial charge in [-0.3, -0.25) is 0 Å². The molecule has 0 aliphatic carbocycles. The number of nitrogen functional groups attached to an aromatic ring is 1. The van der Waals surface area contributed by atoms with E-state index in [0.29, 0.717) is 17.1 Å². The fourth-order valence-electron chi connectivity index (χ4n) is 2.71. The summed E-state index contributed by atoms with van der Waals surface area (Å²) in [4.78, 5) is 12.6. The Hall–Kier alpha value is -3.52. The number of amides is 2. The monoisotopic (exact) mass is 410 g/mol. The van der Waals surface area contributed by atoms with E-state index in [9.17, 15) is 13.2 Å². The maximum Gasteiger partial charge on any atom is 0.323 e. The molecular weight excluding hydrogens is 388 g/mol. The molecule has 3 aromatic carbocycles. The zero-order chi connectivity index (χ0) is 21.0. The van der Waals surface area contributed by atoms with Crippen LogP contribution in [0.1, 0.15) is 5.56 Å². The van der Waals surface area contributed by atoms with Gasteiger partial charge in [0.05, 0.1) is 9.79 Å². The Morgan fingerprint density at radius 1 is 0.828 bits per heavy atom. The van der Waals surface area contributed by atoms with Crippen LogP contribution in [0.25, 0.3) is 0 Å². The second-order valence-corrected chi connectivity index (χ2v) is 8.41. The van der Waals surface area contributed by atoms with Gasteiger partial charge in [-0.15, -0.1) is 0 Å². The average molecular weight is 410 g/mol. The number of hydrogen-bond acceptors (Lipinski definition) is 5. The van der Waals surface area contributed by atoms with Crippen LogP contribution in [-0.2, 0) is 9.84 Å². The lowest BCUT2D eigenvalue weighted by molar-refractivity contribution is 0.262. The van der Waals surface area contributed by atoms with E-state index in [4.69, 9.17) is 5.73 Å². The van der Waals surface area contributed by atoms with Crippen LogP contribution in [0.2, 0.25) is 0 Å². The van der Waals surface area contributed by atoms with Crippen LogP contribution in [0.15, 0.2) is 76.5 Å². The average Bonchev–Trinajstić information content (AvgIpc) is 2.71. The Kier molecular flexibility index (Phi) is 5.74. The number of anilines is 4. The van der Waals surface area contributed by atoms with E-state index >= 15 is 0 Å². The summed E-state index contributed by atoms with van der Waals surface area (Å²) in [5.74, 6) is 0. The predicted molar refractivity (Wildman–Crippen MR) is 116 cm³/mol. The molecule has 3 rings (SSSR count). The van der Waals surface area contributed by atoms with Crippen LogP contribution in [0.4, 0.5) is 27.5 Å². The van der Waals surface area contributed by atoms with Crippen molar-refractivity contribution in [2.45, 2.75) is 16.7 Å². The molecule has 0 saturated heterocycles. The summed E-state index contributed by atoms with van der Waals surface area (Å²) in [5.41, 5.74) is 9.06. The van der Waals surface area contributed by atoms with E-state index in [-0.39, 0.29) is 9.79 Å². The van der Waals surface area contributed by atoms with E-state index in [1.165, 1.54) is 12.1 Å². The highest BCUT2D eigenvalue weighted by Gasteiger charge is 2.17. The maximum atomic E-state index is 12.7. The summed E-state index contributed by atoms with van der Waals surface area (Å²) in [6.45, 7) is 1.86. The lowest BCUT2D eigenvalue weighted by Crippen LogP contribution is -2.20. The van der Waals surface area contributed by atoms with Crippen LogP contribution < -0.4 is 21.7 Å². The number of nitrogens with two attached hydrogens (primary N) is 1. The minimum atomic E-state index is -3.64. The molecule has 0 aliphatic rings. The topological polar surface area (TPSA) is 113 Å². The molecule has 0 atom stereocenters. The first kappa shape index (κ1) is 20.2. The van der Waals surface area contributed by atoms with E-state index in [0.717, 1.165) is 11.3 Å². The molecule has 0 bridgehead atoms. The lowest BCUT2D eigenvalue weighted by Gasteiger charge is -2.11. The van der Waals surface area contributed by atoms with Crippen molar-refractivity contribution < 1.29 is 13.2 Å². The maximum absolute atomic E-state index is 12.7. The van der Waals surface area contributed by atoms with Gasteiger partial charge in [0, 0.05) is 29.8 Å². The number of carbonyl (C=O) groups excluding carboxylic acids is 1. The highest BCUT2D eigenvalue weighted by Crippen LogP contribution is 2.24. The van der Waals surface area contributed by atoms with Crippen LogP contribution >= 0.6 is 0 Å². The molecule has 0 heterocycles. The summed E-state index contributed by atoms with van der Waals surface area (Å²) >= 11 is 0. The molecule has 3 aromatic rings. The van der Waals surface area contributed by atoms with E-state index in [1.807, 2.05) is 13.0 Å². The van der Waals surface area contributed by atoms with Gasteiger partial charge in [-0.05, 0) is 73.2 Å². The summed E-state index contributed by atoms with van der Waals surface area (Å²) in [5, 5.41) is 8.35. The smallest absolute Gasteiger partial charge is 0.323 e. The summed E-state index contributed by atoms with van der Waals surface area (Å²) in [6.07, 6.45) is 0. The molecule has 0 aliphatic heterocycles. The van der Waals surface area contributed by atoms with Crippen LogP contribution in [-0.4, -0.2) is 21.5 Å². The van der Waals surface area contributed by atoms with Crippen molar-refractivity contribution in [2.75, 3.05) is 28.7 Å². The zero-order valence-electron chi connectivity index (χ0n) is 16.1. The molecule has 29 heavy (non-hydrogen) atoms. The Morgan fingerprint density at radius 3 is 1.93 bits per heavy atom. The molecule has 2 amide bonds. The lowest BCUT2D eigenvalue weighted by atomic mass is 10.2. The highest BCUT2D eigenvalue weighted by atomic mass is 32.2. The molecule has 0 radical (unpaired) electrons. The SMILES string of the molecule is CNc1ccc(S(=O)(=O)c2ccc(NC(=O)Nc3cc(N)ccc3C)cc2)cc1. The van der Waals surface area contributed by atoms with E-state index in [2.05, 4.69) is 16.0 Å². The van der Waals surface area contributed by atoms with E-state index in [1.54, 1.807) is 55.6 Å². The van der Waals surface area contributed by atoms with Crippen molar-refractivity contribution in [2.24, 2.45) is 0 Å². The third-order valence-corrected chi connectivity index (χ3v) is 6.17. The third kappa shape index (κ3) is 4.67. The van der Waals surface area contributed by atoms with Gasteiger partial charge in [0.2, 0.25) is 9.84 Å². The molecule has 150 valence electrons. The van der Waals surface area contributed by atoms with Crippen molar-refractivity contribution in [3.8, 4) is 0 Å². The quantitative estimate of drug-likeness (QED) is 0.473. The molecular formula is C21H22N4O3S. The van der Waals surface area contributed by atoms with Crippen molar-refractivity contribution in [3.63, 3.8) is 0 Å². The Morgan fingerprint density at radius 2 is 1.38 bits per heavy atom. The van der Waals surface area contributed by atoms with Crippen molar-refractivity contribution >= 4 is 38.6 Å². The van der Waals surface area contributed by atoms with Crippen LogP contribution in [0.5, 0.6) is 0 Å². The fourth-order valence-corrected chi connectivity index (χ4v) is 3.97. The molecule has 0 aromatic heterocycles. The van der Waals surface area contributed by atoms with Gasteiger partial charge in [-0.25, -0.2) is 13.2 Å². The largest absolute Gasteiger partial charge is 0.399 e. The Bertz CT molecular complexity index is 1130.